The van der Waals surface area contributed by atoms with Crippen molar-refractivity contribution in [1.29, 1.82) is 0 Å². The van der Waals surface area contributed by atoms with Crippen molar-refractivity contribution in [3.8, 4) is 11.4 Å². The number of hydrogen-bond acceptors (Lipinski definition) is 3. The highest BCUT2D eigenvalue weighted by molar-refractivity contribution is 6.67. The van der Waals surface area contributed by atoms with Gasteiger partial charge in [-0.2, -0.15) is 0 Å². The molecule has 0 fully saturated rings. The van der Waals surface area contributed by atoms with Crippen LogP contribution in [-0.2, 0) is 7.59 Å². The average Bonchev–Trinajstić information content (AvgIpc) is 2.76. The van der Waals surface area contributed by atoms with Gasteiger partial charge < -0.3 is 0 Å². The van der Waals surface area contributed by atoms with Crippen LogP contribution in [0.4, 0.5) is 0 Å². The zero-order valence-electron chi connectivity index (χ0n) is 16.1. The summed E-state index contributed by atoms with van der Waals surface area (Å²) in [6.45, 7) is 0. The second-order valence-electron chi connectivity index (χ2n) is 6.83. The van der Waals surface area contributed by atoms with E-state index in [0.717, 1.165) is 11.1 Å². The van der Waals surface area contributed by atoms with E-state index in [2.05, 4.69) is 45.3 Å². The Balaban J connectivity index is 1.66. The van der Waals surface area contributed by atoms with E-state index in [4.69, 9.17) is 69.6 Å². The van der Waals surface area contributed by atoms with Gasteiger partial charge in [0.05, 0.1) is 0 Å². The standard InChI is InChI=1S/C23H13Cl6N3/c24-22(25,26)20-30-19(31-21(32-20)23(27,28)29)17-12-9-14(10-13-17)8-11-16-6-3-5-15-4-1-2-7-18(15)16/h1-13H/b11-8+. The summed E-state index contributed by atoms with van der Waals surface area (Å²) in [6.07, 6.45) is 4.10. The summed E-state index contributed by atoms with van der Waals surface area (Å²) in [5.41, 5.74) is 2.77. The molecule has 9 heteroatoms. The van der Waals surface area contributed by atoms with Gasteiger partial charge in [-0.3, -0.25) is 0 Å². The fraction of sp³-hybridized carbons (Fsp3) is 0.0870. The minimum Gasteiger partial charge on any atom is -0.209 e. The van der Waals surface area contributed by atoms with E-state index < -0.39 is 7.59 Å². The topological polar surface area (TPSA) is 38.7 Å². The first-order chi connectivity index (χ1) is 15.1. The number of hydrogen-bond donors (Lipinski definition) is 0. The first-order valence-electron chi connectivity index (χ1n) is 9.28. The summed E-state index contributed by atoms with van der Waals surface area (Å²) < 4.78 is -3.80. The lowest BCUT2D eigenvalue weighted by molar-refractivity contribution is 0.851. The lowest BCUT2D eigenvalue weighted by atomic mass is 10.0. The number of alkyl halides is 6. The van der Waals surface area contributed by atoms with Crippen molar-refractivity contribution in [3.05, 3.63) is 89.5 Å². The van der Waals surface area contributed by atoms with Crippen LogP contribution in [0.5, 0.6) is 0 Å². The third-order valence-corrected chi connectivity index (χ3v) is 5.60. The number of aromatic nitrogens is 3. The van der Waals surface area contributed by atoms with Crippen LogP contribution in [-0.4, -0.2) is 15.0 Å². The summed E-state index contributed by atoms with van der Waals surface area (Å²) in [4.78, 5) is 12.4. The molecule has 32 heavy (non-hydrogen) atoms. The third kappa shape index (κ3) is 5.48. The largest absolute Gasteiger partial charge is 0.250 e. The van der Waals surface area contributed by atoms with Crippen molar-refractivity contribution in [3.63, 3.8) is 0 Å². The van der Waals surface area contributed by atoms with Gasteiger partial charge in [-0.1, -0.05) is 148 Å². The van der Waals surface area contributed by atoms with Crippen LogP contribution in [0.1, 0.15) is 22.8 Å². The highest BCUT2D eigenvalue weighted by Crippen LogP contribution is 2.40. The zero-order chi connectivity index (χ0) is 22.9. The van der Waals surface area contributed by atoms with Crippen LogP contribution in [0, 0.1) is 0 Å². The van der Waals surface area contributed by atoms with Crippen LogP contribution in [0.3, 0.4) is 0 Å². The van der Waals surface area contributed by atoms with E-state index >= 15 is 0 Å². The van der Waals surface area contributed by atoms with Gasteiger partial charge in [-0.25, -0.2) is 15.0 Å². The van der Waals surface area contributed by atoms with Crippen LogP contribution in [0.25, 0.3) is 34.3 Å². The molecule has 3 nitrogen and oxygen atoms in total. The average molecular weight is 544 g/mol. The molecule has 0 spiro atoms. The van der Waals surface area contributed by atoms with Gasteiger partial charge in [0, 0.05) is 5.56 Å². The smallest absolute Gasteiger partial charge is 0.209 e. The summed E-state index contributed by atoms with van der Waals surface area (Å²) in [5.74, 6) is -0.0326. The van der Waals surface area contributed by atoms with Gasteiger partial charge in [0.1, 0.15) is 0 Å². The van der Waals surface area contributed by atoms with E-state index in [1.807, 2.05) is 48.5 Å². The van der Waals surface area contributed by atoms with Crippen molar-refractivity contribution >= 4 is 92.5 Å². The Morgan fingerprint density at radius 1 is 0.594 bits per heavy atom. The normalized spacial score (nSPS) is 12.6. The second kappa shape index (κ2) is 9.34. The van der Waals surface area contributed by atoms with Gasteiger partial charge in [-0.15, -0.1) is 0 Å². The molecule has 1 aromatic heterocycles. The number of halogens is 6. The molecule has 0 amide bonds. The van der Waals surface area contributed by atoms with E-state index in [0.29, 0.717) is 5.56 Å². The van der Waals surface area contributed by atoms with Crippen LogP contribution in [0.2, 0.25) is 0 Å². The van der Waals surface area contributed by atoms with Crippen molar-refractivity contribution < 1.29 is 0 Å². The lowest BCUT2D eigenvalue weighted by Gasteiger charge is -2.15. The molecule has 0 N–H and O–H groups in total. The maximum absolute atomic E-state index is 5.95. The first-order valence-corrected chi connectivity index (χ1v) is 11.5. The Morgan fingerprint density at radius 3 is 1.81 bits per heavy atom. The van der Waals surface area contributed by atoms with Crippen LogP contribution in [0.15, 0.2) is 66.7 Å². The van der Waals surface area contributed by atoms with Crippen molar-refractivity contribution in [2.75, 3.05) is 0 Å². The molecule has 0 saturated carbocycles. The molecule has 162 valence electrons. The predicted octanol–water partition coefficient (Wildman–Crippen LogP) is 8.52. The first kappa shape index (κ1) is 23.6. The monoisotopic (exact) mass is 541 g/mol. The van der Waals surface area contributed by atoms with Gasteiger partial charge in [0.2, 0.25) is 7.59 Å². The molecule has 0 atom stereocenters. The number of benzene rings is 3. The molecule has 0 bridgehead atoms. The Kier molecular flexibility index (Phi) is 6.88. The lowest BCUT2D eigenvalue weighted by Crippen LogP contribution is -2.16. The summed E-state index contributed by atoms with van der Waals surface area (Å²) in [6, 6.07) is 22.0. The molecule has 4 rings (SSSR count). The minimum absolute atomic E-state index is 0.131. The maximum Gasteiger partial charge on any atom is 0.250 e. The summed E-state index contributed by atoms with van der Waals surface area (Å²) in [7, 11) is 0. The Morgan fingerprint density at radius 2 is 1.19 bits per heavy atom. The molecule has 0 aliphatic rings. The van der Waals surface area contributed by atoms with Crippen LogP contribution < -0.4 is 0 Å². The molecule has 0 aliphatic heterocycles. The number of fused-ring (bicyclic) bond motifs is 1. The van der Waals surface area contributed by atoms with Crippen LogP contribution >= 0.6 is 69.6 Å². The van der Waals surface area contributed by atoms with Crippen molar-refractivity contribution in [1.82, 2.24) is 15.0 Å². The Hall–Kier alpha value is -1.59. The molecule has 1 heterocycles. The molecule has 0 radical (unpaired) electrons. The summed E-state index contributed by atoms with van der Waals surface area (Å²) >= 11 is 35.7. The SMILES string of the molecule is ClC(Cl)(Cl)c1nc(-c2ccc(/C=C/c3cccc4ccccc34)cc2)nc(C(Cl)(Cl)Cl)n1. The minimum atomic E-state index is -1.90. The van der Waals surface area contributed by atoms with Gasteiger partial charge in [0.25, 0.3) is 0 Å². The summed E-state index contributed by atoms with van der Waals surface area (Å²) in [5, 5.41) is 2.38. The fourth-order valence-electron chi connectivity index (χ4n) is 3.08. The number of nitrogens with zero attached hydrogens (tertiary/aromatic N) is 3. The molecule has 4 aromatic rings. The molecule has 0 saturated heterocycles. The molecular weight excluding hydrogens is 531 g/mol. The Labute approximate surface area is 214 Å². The molecule has 0 unspecified atom stereocenters. The molecule has 0 aliphatic carbocycles. The Bertz CT molecular complexity index is 1250. The number of rotatable bonds is 3. The van der Waals surface area contributed by atoms with Crippen molar-refractivity contribution in [2.45, 2.75) is 7.59 Å². The van der Waals surface area contributed by atoms with E-state index in [1.54, 1.807) is 0 Å². The second-order valence-corrected chi connectivity index (χ2v) is 11.4. The third-order valence-electron chi connectivity index (χ3n) is 4.59. The fourth-order valence-corrected chi connectivity index (χ4v) is 3.59. The quantitative estimate of drug-likeness (QED) is 0.192. The van der Waals surface area contributed by atoms with Gasteiger partial charge >= 0.3 is 0 Å². The van der Waals surface area contributed by atoms with Gasteiger partial charge in [-0.05, 0) is 21.9 Å². The van der Waals surface area contributed by atoms with Crippen molar-refractivity contribution in [2.24, 2.45) is 0 Å². The zero-order valence-corrected chi connectivity index (χ0v) is 20.7. The molecular formula is C23H13Cl6N3. The molecule has 3 aromatic carbocycles. The van der Waals surface area contributed by atoms with E-state index in [-0.39, 0.29) is 17.5 Å². The van der Waals surface area contributed by atoms with Gasteiger partial charge in [0.15, 0.2) is 17.5 Å². The van der Waals surface area contributed by atoms with E-state index in [9.17, 15) is 0 Å². The van der Waals surface area contributed by atoms with E-state index in [1.165, 1.54) is 10.8 Å². The highest BCUT2D eigenvalue weighted by Gasteiger charge is 2.34. The maximum atomic E-state index is 5.95. The highest BCUT2D eigenvalue weighted by atomic mass is 35.6. The predicted molar refractivity (Wildman–Crippen MR) is 137 cm³/mol.